The molecular weight excluding hydrogens is 178 g/mol. The van der Waals surface area contributed by atoms with E-state index in [-0.39, 0.29) is 6.61 Å². The van der Waals surface area contributed by atoms with E-state index in [2.05, 4.69) is 4.98 Å². The fourth-order valence-electron chi connectivity index (χ4n) is 1.57. The summed E-state index contributed by atoms with van der Waals surface area (Å²) in [7, 11) is 1.60. The molecule has 0 aliphatic rings. The van der Waals surface area contributed by atoms with Crippen molar-refractivity contribution in [2.75, 3.05) is 7.11 Å². The Bertz CT molecular complexity index is 454. The first-order valence-electron chi connectivity index (χ1n) is 4.37. The van der Waals surface area contributed by atoms with Gasteiger partial charge in [0.1, 0.15) is 5.75 Å². The number of rotatable bonds is 2. The van der Waals surface area contributed by atoms with E-state index in [0.717, 1.165) is 16.3 Å². The van der Waals surface area contributed by atoms with Gasteiger partial charge in [0, 0.05) is 23.3 Å². The largest absolute Gasteiger partial charge is 0.496 e. The van der Waals surface area contributed by atoms with Gasteiger partial charge in [-0.2, -0.15) is 0 Å². The van der Waals surface area contributed by atoms with E-state index in [1.54, 1.807) is 19.5 Å². The molecule has 1 heterocycles. The van der Waals surface area contributed by atoms with Crippen molar-refractivity contribution < 1.29 is 9.84 Å². The van der Waals surface area contributed by atoms with Crippen molar-refractivity contribution in [2.45, 2.75) is 6.61 Å². The Hall–Kier alpha value is -1.61. The minimum atomic E-state index is -0.0233. The van der Waals surface area contributed by atoms with Gasteiger partial charge in [0.2, 0.25) is 0 Å². The van der Waals surface area contributed by atoms with Gasteiger partial charge in [-0.05, 0) is 23.6 Å². The van der Waals surface area contributed by atoms with Crippen LogP contribution in [0.2, 0.25) is 0 Å². The summed E-state index contributed by atoms with van der Waals surface area (Å²) in [5.74, 6) is 0.714. The van der Waals surface area contributed by atoms with E-state index in [1.165, 1.54) is 0 Å². The number of aliphatic hydroxyl groups excluding tert-OH is 1. The van der Waals surface area contributed by atoms with E-state index < -0.39 is 0 Å². The molecule has 0 bridgehead atoms. The molecule has 0 fully saturated rings. The zero-order valence-corrected chi connectivity index (χ0v) is 7.90. The number of fused-ring (bicyclic) bond motifs is 1. The van der Waals surface area contributed by atoms with Crippen LogP contribution in [-0.2, 0) is 6.61 Å². The lowest BCUT2D eigenvalue weighted by atomic mass is 10.1. The van der Waals surface area contributed by atoms with Crippen LogP contribution in [0.4, 0.5) is 0 Å². The maximum absolute atomic E-state index is 9.25. The third kappa shape index (κ3) is 1.32. The smallest absolute Gasteiger partial charge is 0.125 e. The predicted octanol–water partition coefficient (Wildman–Crippen LogP) is 1.74. The molecule has 72 valence electrons. The van der Waals surface area contributed by atoms with Gasteiger partial charge >= 0.3 is 0 Å². The molecule has 0 saturated heterocycles. The summed E-state index contributed by atoms with van der Waals surface area (Å²) in [6, 6.07) is 5.65. The lowest BCUT2D eigenvalue weighted by Crippen LogP contribution is -1.93. The Morgan fingerprint density at radius 1 is 1.36 bits per heavy atom. The number of aliphatic hydroxyl groups is 1. The number of pyridine rings is 1. The quantitative estimate of drug-likeness (QED) is 0.782. The van der Waals surface area contributed by atoms with Crippen LogP contribution in [0, 0.1) is 0 Å². The minimum absolute atomic E-state index is 0.0233. The highest BCUT2D eigenvalue weighted by Gasteiger charge is 2.06. The lowest BCUT2D eigenvalue weighted by Gasteiger charge is -2.08. The summed E-state index contributed by atoms with van der Waals surface area (Å²) in [5.41, 5.74) is 0.812. The molecule has 2 aromatic rings. The van der Waals surface area contributed by atoms with Crippen molar-refractivity contribution in [3.63, 3.8) is 0 Å². The maximum Gasteiger partial charge on any atom is 0.125 e. The molecule has 0 atom stereocenters. The van der Waals surface area contributed by atoms with Crippen LogP contribution in [0.15, 0.2) is 30.6 Å². The Kier molecular flexibility index (Phi) is 2.33. The summed E-state index contributed by atoms with van der Waals surface area (Å²) in [5, 5.41) is 11.2. The molecule has 2 rings (SSSR count). The molecule has 3 heteroatoms. The fraction of sp³-hybridized carbons (Fsp3) is 0.182. The number of hydrogen-bond donors (Lipinski definition) is 1. The average Bonchev–Trinajstić information content (AvgIpc) is 2.27. The summed E-state index contributed by atoms with van der Waals surface area (Å²) in [6.45, 7) is -0.0233. The highest BCUT2D eigenvalue weighted by Crippen LogP contribution is 2.26. The fourth-order valence-corrected chi connectivity index (χ4v) is 1.57. The Morgan fingerprint density at radius 3 is 2.93 bits per heavy atom. The van der Waals surface area contributed by atoms with Crippen molar-refractivity contribution in [1.29, 1.82) is 0 Å². The van der Waals surface area contributed by atoms with Gasteiger partial charge < -0.3 is 9.84 Å². The van der Waals surface area contributed by atoms with E-state index in [9.17, 15) is 5.11 Å². The Labute approximate surface area is 82.0 Å². The third-order valence-electron chi connectivity index (χ3n) is 2.27. The van der Waals surface area contributed by atoms with Crippen molar-refractivity contribution in [1.82, 2.24) is 4.98 Å². The number of aromatic nitrogens is 1. The van der Waals surface area contributed by atoms with Crippen LogP contribution < -0.4 is 4.74 Å². The number of methoxy groups -OCH3 is 1. The first-order valence-corrected chi connectivity index (χ1v) is 4.37. The molecule has 1 N–H and O–H groups in total. The minimum Gasteiger partial charge on any atom is -0.496 e. The molecule has 0 amide bonds. The molecule has 3 nitrogen and oxygen atoms in total. The molecular formula is C11H11NO2. The summed E-state index contributed by atoms with van der Waals surface area (Å²) < 4.78 is 5.16. The molecule has 0 aliphatic carbocycles. The van der Waals surface area contributed by atoms with Gasteiger partial charge in [-0.25, -0.2) is 0 Å². The summed E-state index contributed by atoms with van der Waals surface area (Å²) in [6.07, 6.45) is 3.48. The molecule has 1 aromatic heterocycles. The Balaban J connectivity index is 2.77. The van der Waals surface area contributed by atoms with Crippen molar-refractivity contribution in [3.05, 3.63) is 36.2 Å². The number of benzene rings is 1. The molecule has 0 aliphatic heterocycles. The molecule has 0 spiro atoms. The van der Waals surface area contributed by atoms with E-state index >= 15 is 0 Å². The summed E-state index contributed by atoms with van der Waals surface area (Å²) in [4.78, 5) is 4.02. The number of nitrogens with zero attached hydrogens (tertiary/aromatic N) is 1. The van der Waals surface area contributed by atoms with E-state index in [0.29, 0.717) is 5.75 Å². The summed E-state index contributed by atoms with van der Waals surface area (Å²) >= 11 is 0. The molecule has 0 unspecified atom stereocenters. The molecule has 0 radical (unpaired) electrons. The van der Waals surface area contributed by atoms with Crippen LogP contribution in [0.3, 0.4) is 0 Å². The zero-order chi connectivity index (χ0) is 9.97. The standard InChI is InChI=1S/C11H11NO2/c1-14-11-3-2-8-6-12-5-4-9(8)10(11)7-13/h2-6,13H,7H2,1H3. The van der Waals surface area contributed by atoms with Gasteiger partial charge in [-0.3, -0.25) is 4.98 Å². The normalized spacial score (nSPS) is 10.4. The van der Waals surface area contributed by atoms with Crippen LogP contribution in [-0.4, -0.2) is 17.2 Å². The van der Waals surface area contributed by atoms with Crippen molar-refractivity contribution >= 4 is 10.8 Å². The van der Waals surface area contributed by atoms with Gasteiger partial charge in [0.05, 0.1) is 13.7 Å². The SMILES string of the molecule is COc1ccc2cnccc2c1CO. The van der Waals surface area contributed by atoms with Crippen LogP contribution >= 0.6 is 0 Å². The highest BCUT2D eigenvalue weighted by molar-refractivity contribution is 5.86. The zero-order valence-electron chi connectivity index (χ0n) is 7.90. The third-order valence-corrected chi connectivity index (χ3v) is 2.27. The monoisotopic (exact) mass is 189 g/mol. The van der Waals surface area contributed by atoms with Crippen molar-refractivity contribution in [2.24, 2.45) is 0 Å². The van der Waals surface area contributed by atoms with Gasteiger partial charge in [-0.1, -0.05) is 0 Å². The predicted molar refractivity (Wildman–Crippen MR) is 54.2 cm³/mol. The molecule has 0 saturated carbocycles. The number of hydrogen-bond acceptors (Lipinski definition) is 3. The topological polar surface area (TPSA) is 42.4 Å². The van der Waals surface area contributed by atoms with E-state index in [1.807, 2.05) is 18.2 Å². The van der Waals surface area contributed by atoms with Crippen LogP contribution in [0.5, 0.6) is 5.75 Å². The second-order valence-electron chi connectivity index (χ2n) is 3.00. The maximum atomic E-state index is 9.25. The number of ether oxygens (including phenoxy) is 1. The van der Waals surface area contributed by atoms with E-state index in [4.69, 9.17) is 4.74 Å². The molecule has 14 heavy (non-hydrogen) atoms. The average molecular weight is 189 g/mol. The van der Waals surface area contributed by atoms with Gasteiger partial charge in [0.25, 0.3) is 0 Å². The Morgan fingerprint density at radius 2 is 2.21 bits per heavy atom. The van der Waals surface area contributed by atoms with Crippen LogP contribution in [0.1, 0.15) is 5.56 Å². The van der Waals surface area contributed by atoms with Gasteiger partial charge in [0.15, 0.2) is 0 Å². The second kappa shape index (κ2) is 3.64. The van der Waals surface area contributed by atoms with Crippen molar-refractivity contribution in [3.8, 4) is 5.75 Å². The van der Waals surface area contributed by atoms with Gasteiger partial charge in [-0.15, -0.1) is 0 Å². The first kappa shape index (κ1) is 8.97. The highest BCUT2D eigenvalue weighted by atomic mass is 16.5. The van der Waals surface area contributed by atoms with Crippen LogP contribution in [0.25, 0.3) is 10.8 Å². The molecule has 1 aromatic carbocycles. The second-order valence-corrected chi connectivity index (χ2v) is 3.00. The first-order chi connectivity index (χ1) is 6.86. The lowest BCUT2D eigenvalue weighted by molar-refractivity contribution is 0.275.